The molecule has 4 rings (SSSR count). The van der Waals surface area contributed by atoms with Crippen molar-refractivity contribution in [2.24, 2.45) is 0 Å². The average molecular weight is 385 g/mol. The minimum atomic E-state index is 0.0840. The van der Waals surface area contributed by atoms with Crippen LogP contribution in [-0.2, 0) is 4.79 Å². The lowest BCUT2D eigenvalue weighted by Gasteiger charge is -2.22. The zero-order valence-corrected chi connectivity index (χ0v) is 16.1. The monoisotopic (exact) mass is 384 g/mol. The molecule has 0 aliphatic heterocycles. The summed E-state index contributed by atoms with van der Waals surface area (Å²) in [5.74, 6) is 0.440. The van der Waals surface area contributed by atoms with Gasteiger partial charge in [0.05, 0.1) is 11.4 Å². The maximum atomic E-state index is 12.8. The number of hydrogen-bond acceptors (Lipinski definition) is 6. The summed E-state index contributed by atoms with van der Waals surface area (Å²) in [5.41, 5.74) is 0.963. The third-order valence-corrected chi connectivity index (χ3v) is 6.28. The van der Waals surface area contributed by atoms with Crippen molar-refractivity contribution in [1.29, 1.82) is 0 Å². The van der Waals surface area contributed by atoms with E-state index in [1.807, 2.05) is 36.1 Å². The first-order chi connectivity index (χ1) is 12.7. The van der Waals surface area contributed by atoms with Crippen molar-refractivity contribution in [2.75, 3.05) is 22.5 Å². The van der Waals surface area contributed by atoms with Crippen LogP contribution in [0, 0.1) is 0 Å². The van der Waals surface area contributed by atoms with Crippen LogP contribution in [0.5, 0.6) is 0 Å². The van der Waals surface area contributed by atoms with Gasteiger partial charge in [0.2, 0.25) is 11.0 Å². The summed E-state index contributed by atoms with van der Waals surface area (Å²) in [7, 11) is 0. The van der Waals surface area contributed by atoms with Crippen LogP contribution >= 0.6 is 23.1 Å². The summed E-state index contributed by atoms with van der Waals surface area (Å²) in [6.07, 6.45) is 2.41. The molecule has 134 valence electrons. The lowest BCUT2D eigenvalue weighted by molar-refractivity contribution is -0.116. The summed E-state index contributed by atoms with van der Waals surface area (Å²) >= 11 is 2.97. The maximum Gasteiger partial charge on any atom is 0.237 e. The normalized spacial score (nSPS) is 13.7. The minimum Gasteiger partial charge on any atom is -0.357 e. The van der Waals surface area contributed by atoms with Gasteiger partial charge in [0.15, 0.2) is 4.34 Å². The zero-order valence-electron chi connectivity index (χ0n) is 14.5. The molecule has 0 bridgehead atoms. The maximum absolute atomic E-state index is 12.8. The van der Waals surface area contributed by atoms with Crippen LogP contribution in [-0.4, -0.2) is 34.4 Å². The highest BCUT2D eigenvalue weighted by molar-refractivity contribution is 8.01. The standard InChI is InChI=1S/C19H20N4OS2/c1-2-23(16-9-5-7-13-6-3-4-8-15(13)16)17(24)12-25-19-22-21-18(26-19)20-14-10-11-14/h3-9,14H,2,10-12H2,1H3,(H,20,21). The van der Waals surface area contributed by atoms with Gasteiger partial charge in [-0.15, -0.1) is 10.2 Å². The molecule has 0 saturated heterocycles. The fourth-order valence-electron chi connectivity index (χ4n) is 2.85. The third kappa shape index (κ3) is 3.83. The van der Waals surface area contributed by atoms with Crippen LogP contribution < -0.4 is 10.2 Å². The van der Waals surface area contributed by atoms with Gasteiger partial charge in [0, 0.05) is 18.0 Å². The van der Waals surface area contributed by atoms with Gasteiger partial charge in [-0.2, -0.15) is 0 Å². The summed E-state index contributed by atoms with van der Waals surface area (Å²) in [4.78, 5) is 14.7. The molecule has 1 aliphatic rings. The number of nitrogens with one attached hydrogen (secondary N) is 1. The van der Waals surface area contributed by atoms with E-state index in [1.54, 1.807) is 0 Å². The molecule has 0 unspecified atom stereocenters. The smallest absolute Gasteiger partial charge is 0.237 e. The Kier molecular flexibility index (Phi) is 5.08. The van der Waals surface area contributed by atoms with Crippen LogP contribution in [0.1, 0.15) is 19.8 Å². The lowest BCUT2D eigenvalue weighted by atomic mass is 10.1. The molecule has 1 heterocycles. The van der Waals surface area contributed by atoms with E-state index >= 15 is 0 Å². The van der Waals surface area contributed by atoms with Crippen LogP contribution in [0.4, 0.5) is 10.8 Å². The van der Waals surface area contributed by atoms with Crippen molar-refractivity contribution < 1.29 is 4.79 Å². The van der Waals surface area contributed by atoms with Gasteiger partial charge in [-0.3, -0.25) is 4.79 Å². The van der Waals surface area contributed by atoms with E-state index in [-0.39, 0.29) is 5.91 Å². The van der Waals surface area contributed by atoms with Crippen molar-refractivity contribution >= 4 is 50.6 Å². The number of hydrogen-bond donors (Lipinski definition) is 1. The molecule has 0 atom stereocenters. The highest BCUT2D eigenvalue weighted by Crippen LogP contribution is 2.31. The van der Waals surface area contributed by atoms with E-state index in [0.29, 0.717) is 18.3 Å². The second-order valence-electron chi connectivity index (χ2n) is 6.22. The van der Waals surface area contributed by atoms with Crippen LogP contribution in [0.3, 0.4) is 0 Å². The number of benzene rings is 2. The molecular formula is C19H20N4OS2. The number of fused-ring (bicyclic) bond motifs is 1. The lowest BCUT2D eigenvalue weighted by Crippen LogP contribution is -2.32. The quantitative estimate of drug-likeness (QED) is 0.612. The summed E-state index contributed by atoms with van der Waals surface area (Å²) in [6.45, 7) is 2.64. The van der Waals surface area contributed by atoms with Crippen LogP contribution in [0.2, 0.25) is 0 Å². The molecule has 3 aromatic rings. The van der Waals surface area contributed by atoms with Gasteiger partial charge in [0.1, 0.15) is 0 Å². The van der Waals surface area contributed by atoms with Gasteiger partial charge >= 0.3 is 0 Å². The third-order valence-electron chi connectivity index (χ3n) is 4.31. The van der Waals surface area contributed by atoms with Gasteiger partial charge in [-0.25, -0.2) is 0 Å². The molecule has 1 saturated carbocycles. The number of amides is 1. The average Bonchev–Trinajstić information content (AvgIpc) is 3.37. The number of nitrogens with zero attached hydrogens (tertiary/aromatic N) is 3. The fourth-order valence-corrected chi connectivity index (χ4v) is 4.56. The van der Waals surface area contributed by atoms with Crippen LogP contribution in [0.15, 0.2) is 46.8 Å². The van der Waals surface area contributed by atoms with E-state index < -0.39 is 0 Å². The number of aromatic nitrogens is 2. The van der Waals surface area contributed by atoms with E-state index in [2.05, 4.69) is 33.7 Å². The predicted molar refractivity (Wildman–Crippen MR) is 109 cm³/mol. The summed E-state index contributed by atoms with van der Waals surface area (Å²) in [5, 5.41) is 14.8. The Bertz CT molecular complexity index is 917. The molecule has 1 aliphatic carbocycles. The van der Waals surface area contributed by atoms with Crippen molar-refractivity contribution in [3.63, 3.8) is 0 Å². The minimum absolute atomic E-state index is 0.0840. The Hall–Kier alpha value is -2.12. The van der Waals surface area contributed by atoms with Crippen molar-refractivity contribution in [3.05, 3.63) is 42.5 Å². The first-order valence-electron chi connectivity index (χ1n) is 8.75. The van der Waals surface area contributed by atoms with E-state index in [9.17, 15) is 4.79 Å². The highest BCUT2D eigenvalue weighted by Gasteiger charge is 2.23. The van der Waals surface area contributed by atoms with Crippen molar-refractivity contribution in [3.8, 4) is 0 Å². The van der Waals surface area contributed by atoms with Crippen molar-refractivity contribution in [1.82, 2.24) is 10.2 Å². The number of thioether (sulfide) groups is 1. The van der Waals surface area contributed by atoms with Gasteiger partial charge < -0.3 is 10.2 Å². The Balaban J connectivity index is 1.45. The highest BCUT2D eigenvalue weighted by atomic mass is 32.2. The number of carbonyl (C=O) groups excluding carboxylic acids is 1. The molecule has 5 nitrogen and oxygen atoms in total. The second-order valence-corrected chi connectivity index (χ2v) is 8.42. The predicted octanol–water partition coefficient (Wildman–Crippen LogP) is 4.41. The molecule has 7 heteroatoms. The van der Waals surface area contributed by atoms with Gasteiger partial charge in [-0.05, 0) is 31.2 Å². The number of anilines is 2. The van der Waals surface area contributed by atoms with E-state index in [4.69, 9.17) is 0 Å². The van der Waals surface area contributed by atoms with Crippen LogP contribution in [0.25, 0.3) is 10.8 Å². The first kappa shape index (κ1) is 17.3. The second kappa shape index (κ2) is 7.63. The van der Waals surface area contributed by atoms with Crippen molar-refractivity contribution in [2.45, 2.75) is 30.1 Å². The van der Waals surface area contributed by atoms with E-state index in [1.165, 1.54) is 35.9 Å². The zero-order chi connectivity index (χ0) is 17.9. The molecule has 1 aromatic heterocycles. The molecule has 0 radical (unpaired) electrons. The molecule has 1 amide bonds. The van der Waals surface area contributed by atoms with E-state index in [0.717, 1.165) is 25.9 Å². The Morgan fingerprint density at radius 2 is 2.04 bits per heavy atom. The Labute approximate surface area is 160 Å². The topological polar surface area (TPSA) is 58.1 Å². The molecule has 0 spiro atoms. The Morgan fingerprint density at radius 1 is 1.23 bits per heavy atom. The summed E-state index contributed by atoms with van der Waals surface area (Å²) < 4.78 is 0.829. The largest absolute Gasteiger partial charge is 0.357 e. The molecule has 2 aromatic carbocycles. The van der Waals surface area contributed by atoms with Gasteiger partial charge in [0.25, 0.3) is 0 Å². The molecule has 1 N–H and O–H groups in total. The SMILES string of the molecule is CCN(C(=O)CSc1nnc(NC2CC2)s1)c1cccc2ccccc12. The molecular weight excluding hydrogens is 364 g/mol. The summed E-state index contributed by atoms with van der Waals surface area (Å²) in [6, 6.07) is 14.8. The number of rotatable bonds is 7. The molecule has 26 heavy (non-hydrogen) atoms. The van der Waals surface area contributed by atoms with Gasteiger partial charge in [-0.1, -0.05) is 59.5 Å². The molecule has 1 fully saturated rings. The first-order valence-corrected chi connectivity index (χ1v) is 10.6. The fraction of sp³-hybridized carbons (Fsp3) is 0.316. The number of carbonyl (C=O) groups is 1. The Morgan fingerprint density at radius 3 is 2.85 bits per heavy atom.